The number of aromatic nitrogens is 8. The predicted octanol–water partition coefficient (Wildman–Crippen LogP) is 2.67. The van der Waals surface area contributed by atoms with Gasteiger partial charge in [-0.25, -0.2) is 19.2 Å². The molecule has 8 nitrogen and oxygen atoms in total. The first-order valence-electron chi connectivity index (χ1n) is 8.02. The lowest BCUT2D eigenvalue weighted by Gasteiger charge is -2.01. The van der Waals surface area contributed by atoms with E-state index in [1.165, 1.54) is 0 Å². The third-order valence-corrected chi connectivity index (χ3v) is 4.51. The van der Waals surface area contributed by atoms with E-state index in [-0.39, 0.29) is 0 Å². The summed E-state index contributed by atoms with van der Waals surface area (Å²) in [6.07, 6.45) is 5.18. The minimum Gasteiger partial charge on any atom is -0.263 e. The summed E-state index contributed by atoms with van der Waals surface area (Å²) < 4.78 is 5.18. The van der Waals surface area contributed by atoms with Gasteiger partial charge in [0.15, 0.2) is 17.1 Å². The molecule has 0 amide bonds. The Hall–Kier alpha value is -3.26. The van der Waals surface area contributed by atoms with Crippen molar-refractivity contribution in [2.24, 2.45) is 0 Å². The van der Waals surface area contributed by atoms with E-state index in [2.05, 4.69) is 25.3 Å². The molecule has 0 aliphatic rings. The molecule has 0 spiro atoms. The average Bonchev–Trinajstić information content (AvgIpc) is 3.32. The SMILES string of the molecule is Cc1nn(Cc2nc3c4cnn(-c5ccccc5)c4ncn3n2)cc1Cl. The number of nitrogens with zero attached hydrogens (tertiary/aromatic N) is 8. The highest BCUT2D eigenvalue weighted by molar-refractivity contribution is 6.31. The second kappa shape index (κ2) is 5.63. The van der Waals surface area contributed by atoms with Crippen molar-refractivity contribution in [3.63, 3.8) is 0 Å². The van der Waals surface area contributed by atoms with Gasteiger partial charge < -0.3 is 0 Å². The van der Waals surface area contributed by atoms with Gasteiger partial charge in [0.05, 0.1) is 28.0 Å². The van der Waals surface area contributed by atoms with Crippen molar-refractivity contribution in [2.45, 2.75) is 13.5 Å². The second-order valence-corrected chi connectivity index (χ2v) is 6.34. The molecule has 0 saturated heterocycles. The summed E-state index contributed by atoms with van der Waals surface area (Å²) >= 11 is 6.06. The molecule has 0 radical (unpaired) electrons. The summed E-state index contributed by atoms with van der Waals surface area (Å²) in [7, 11) is 0. The Morgan fingerprint density at radius 3 is 2.69 bits per heavy atom. The van der Waals surface area contributed by atoms with E-state index in [1.54, 1.807) is 32.6 Å². The topological polar surface area (TPSA) is 78.7 Å². The normalized spacial score (nSPS) is 11.6. The first-order valence-corrected chi connectivity index (χ1v) is 8.40. The van der Waals surface area contributed by atoms with Crippen LogP contribution < -0.4 is 0 Å². The van der Waals surface area contributed by atoms with Crippen LogP contribution in [0.25, 0.3) is 22.4 Å². The van der Waals surface area contributed by atoms with Gasteiger partial charge >= 0.3 is 0 Å². The van der Waals surface area contributed by atoms with Crippen molar-refractivity contribution < 1.29 is 0 Å². The van der Waals surface area contributed by atoms with Crippen LogP contribution in [0.4, 0.5) is 0 Å². The van der Waals surface area contributed by atoms with E-state index >= 15 is 0 Å². The number of fused-ring (bicyclic) bond motifs is 3. The Morgan fingerprint density at radius 1 is 1.08 bits per heavy atom. The van der Waals surface area contributed by atoms with Crippen LogP contribution in [-0.4, -0.2) is 39.1 Å². The number of para-hydroxylation sites is 1. The minimum absolute atomic E-state index is 0.434. The van der Waals surface area contributed by atoms with Crippen LogP contribution in [0.2, 0.25) is 5.02 Å². The molecule has 26 heavy (non-hydrogen) atoms. The zero-order valence-corrected chi connectivity index (χ0v) is 14.5. The molecule has 5 aromatic rings. The van der Waals surface area contributed by atoms with Crippen molar-refractivity contribution in [2.75, 3.05) is 0 Å². The van der Waals surface area contributed by atoms with Gasteiger partial charge in [-0.2, -0.15) is 10.2 Å². The highest BCUT2D eigenvalue weighted by atomic mass is 35.5. The number of hydrogen-bond donors (Lipinski definition) is 0. The van der Waals surface area contributed by atoms with Crippen molar-refractivity contribution in [1.82, 2.24) is 39.1 Å². The Labute approximate surface area is 152 Å². The van der Waals surface area contributed by atoms with Gasteiger partial charge in [-0.05, 0) is 19.1 Å². The maximum atomic E-state index is 6.06. The Kier molecular flexibility index (Phi) is 3.26. The molecule has 0 atom stereocenters. The van der Waals surface area contributed by atoms with Crippen molar-refractivity contribution >= 4 is 28.3 Å². The fourth-order valence-electron chi connectivity index (χ4n) is 2.91. The average molecular weight is 365 g/mol. The smallest absolute Gasteiger partial charge is 0.173 e. The molecular formula is C17H13ClN8. The van der Waals surface area contributed by atoms with Crippen LogP contribution in [0, 0.1) is 6.92 Å². The van der Waals surface area contributed by atoms with Crippen LogP contribution in [-0.2, 0) is 6.54 Å². The van der Waals surface area contributed by atoms with Gasteiger partial charge in [0.25, 0.3) is 0 Å². The summed E-state index contributed by atoms with van der Waals surface area (Å²) in [5.41, 5.74) is 3.17. The maximum Gasteiger partial charge on any atom is 0.173 e. The molecule has 5 rings (SSSR count). The zero-order chi connectivity index (χ0) is 17.7. The number of hydrogen-bond acceptors (Lipinski definition) is 5. The van der Waals surface area contributed by atoms with Gasteiger partial charge in [-0.3, -0.25) is 4.68 Å². The van der Waals surface area contributed by atoms with Crippen LogP contribution in [0.1, 0.15) is 11.5 Å². The fraction of sp³-hybridized carbons (Fsp3) is 0.118. The van der Waals surface area contributed by atoms with E-state index in [0.29, 0.717) is 23.0 Å². The standard InChI is InChI=1S/C17H13ClN8/c1-11-14(18)8-24(22-11)9-15-21-17-13-7-20-26(12-5-3-2-4-6-12)16(13)19-10-25(17)23-15/h2-8,10H,9H2,1H3. The number of aryl methyl sites for hydroxylation is 1. The summed E-state index contributed by atoms with van der Waals surface area (Å²) in [5, 5.41) is 14.8. The predicted molar refractivity (Wildman–Crippen MR) is 96.5 cm³/mol. The molecule has 4 heterocycles. The molecule has 4 aromatic heterocycles. The lowest BCUT2D eigenvalue weighted by Crippen LogP contribution is -2.02. The third kappa shape index (κ3) is 2.34. The minimum atomic E-state index is 0.434. The van der Waals surface area contributed by atoms with Crippen molar-refractivity contribution in [3.8, 4) is 5.69 Å². The van der Waals surface area contributed by atoms with Gasteiger partial charge in [0.2, 0.25) is 0 Å². The first kappa shape index (κ1) is 15.0. The monoisotopic (exact) mass is 364 g/mol. The Bertz CT molecular complexity index is 1210. The molecule has 0 saturated carbocycles. The third-order valence-electron chi connectivity index (χ3n) is 4.14. The molecule has 0 unspecified atom stereocenters. The molecule has 0 fully saturated rings. The Balaban J connectivity index is 1.60. The van der Waals surface area contributed by atoms with Gasteiger partial charge in [-0.15, -0.1) is 5.10 Å². The van der Waals surface area contributed by atoms with Crippen LogP contribution >= 0.6 is 11.6 Å². The van der Waals surface area contributed by atoms with Crippen LogP contribution in [0.15, 0.2) is 49.1 Å². The van der Waals surface area contributed by atoms with Gasteiger partial charge in [-0.1, -0.05) is 29.8 Å². The van der Waals surface area contributed by atoms with E-state index < -0.39 is 0 Å². The molecule has 0 N–H and O–H groups in total. The number of halogens is 1. The zero-order valence-electron chi connectivity index (χ0n) is 13.8. The van der Waals surface area contributed by atoms with Crippen molar-refractivity contribution in [1.29, 1.82) is 0 Å². The lowest BCUT2D eigenvalue weighted by molar-refractivity contribution is 0.648. The fourth-order valence-corrected chi connectivity index (χ4v) is 3.06. The quantitative estimate of drug-likeness (QED) is 0.491. The largest absolute Gasteiger partial charge is 0.263 e. The van der Waals surface area contributed by atoms with Crippen LogP contribution in [0.3, 0.4) is 0 Å². The summed E-state index contributed by atoms with van der Waals surface area (Å²) in [6, 6.07) is 9.87. The Morgan fingerprint density at radius 2 is 1.92 bits per heavy atom. The second-order valence-electron chi connectivity index (χ2n) is 5.93. The molecule has 128 valence electrons. The maximum absolute atomic E-state index is 6.06. The van der Waals surface area contributed by atoms with Crippen molar-refractivity contribution in [3.05, 3.63) is 65.6 Å². The first-order chi connectivity index (χ1) is 12.7. The summed E-state index contributed by atoms with van der Waals surface area (Å²) in [6.45, 7) is 2.30. The van der Waals surface area contributed by atoms with E-state index in [1.807, 2.05) is 37.3 Å². The molecule has 9 heteroatoms. The van der Waals surface area contributed by atoms with Crippen LogP contribution in [0.5, 0.6) is 0 Å². The van der Waals surface area contributed by atoms with E-state index in [4.69, 9.17) is 11.6 Å². The van der Waals surface area contributed by atoms with Gasteiger partial charge in [0.1, 0.15) is 12.9 Å². The summed E-state index contributed by atoms with van der Waals surface area (Å²) in [5.74, 6) is 0.630. The highest BCUT2D eigenvalue weighted by Crippen LogP contribution is 2.20. The molecule has 1 aromatic carbocycles. The van der Waals surface area contributed by atoms with E-state index in [0.717, 1.165) is 22.4 Å². The summed E-state index contributed by atoms with van der Waals surface area (Å²) in [4.78, 5) is 9.14. The van der Waals surface area contributed by atoms with E-state index in [9.17, 15) is 0 Å². The molecule has 0 aliphatic carbocycles. The molecular weight excluding hydrogens is 352 g/mol. The lowest BCUT2D eigenvalue weighted by atomic mass is 10.3. The number of benzene rings is 1. The van der Waals surface area contributed by atoms with Gasteiger partial charge in [0, 0.05) is 6.20 Å². The molecule has 0 bridgehead atoms. The highest BCUT2D eigenvalue weighted by Gasteiger charge is 2.14. The number of rotatable bonds is 3. The molecule has 0 aliphatic heterocycles.